The van der Waals surface area contributed by atoms with Crippen LogP contribution in [0.2, 0.25) is 0 Å². The van der Waals surface area contributed by atoms with Crippen LogP contribution in [0.5, 0.6) is 0 Å². The van der Waals surface area contributed by atoms with Gasteiger partial charge >= 0.3 is 6.85 Å². The van der Waals surface area contributed by atoms with Gasteiger partial charge in [0.15, 0.2) is 0 Å². The number of benzene rings is 12. The molecule has 0 unspecified atom stereocenters. The van der Waals surface area contributed by atoms with Crippen molar-refractivity contribution in [2.24, 2.45) is 0 Å². The van der Waals surface area contributed by atoms with Gasteiger partial charge in [0.2, 0.25) is 0 Å². The Balaban J connectivity index is 0.991. The van der Waals surface area contributed by atoms with E-state index in [4.69, 9.17) is 8.83 Å². The van der Waals surface area contributed by atoms with Gasteiger partial charge in [-0.15, -0.1) is 0 Å². The molecule has 3 aliphatic rings. The highest BCUT2D eigenvalue weighted by Crippen LogP contribution is 2.60. The highest BCUT2D eigenvalue weighted by molar-refractivity contribution is 6.94. The van der Waals surface area contributed by atoms with Crippen molar-refractivity contribution in [3.8, 4) is 55.8 Å². The second-order valence-corrected chi connectivity index (χ2v) is 32.6. The Kier molecular flexibility index (Phi) is 13.9. The molecule has 0 atom stereocenters. The summed E-state index contributed by atoms with van der Waals surface area (Å²) in [7, 11) is 0. The third-order valence-electron chi connectivity index (χ3n) is 21.6. The maximum atomic E-state index is 7.49. The van der Waals surface area contributed by atoms with Crippen molar-refractivity contribution in [3.63, 3.8) is 0 Å². The second kappa shape index (κ2) is 22.2. The van der Waals surface area contributed by atoms with E-state index in [-0.39, 0.29) is 28.5 Å². The van der Waals surface area contributed by atoms with Crippen LogP contribution in [0.3, 0.4) is 0 Å². The monoisotopic (exact) mass is 1290 g/mol. The number of furan rings is 2. The van der Waals surface area contributed by atoms with Crippen LogP contribution in [0.1, 0.15) is 130 Å². The van der Waals surface area contributed by atoms with Crippen molar-refractivity contribution in [3.05, 3.63) is 288 Å². The first-order valence-corrected chi connectivity index (χ1v) is 35.3. The van der Waals surface area contributed by atoms with Crippen LogP contribution >= 0.6 is 0 Å². The van der Waals surface area contributed by atoms with Crippen LogP contribution in [0.4, 0.5) is 45.5 Å². The van der Waals surface area contributed by atoms with E-state index in [9.17, 15) is 0 Å². The molecule has 0 saturated carbocycles. The lowest BCUT2D eigenvalue weighted by atomic mass is 9.42. The first kappa shape index (κ1) is 62.0. The third kappa shape index (κ3) is 10.0. The Labute approximate surface area is 584 Å². The van der Waals surface area contributed by atoms with Gasteiger partial charge in [0, 0.05) is 95.8 Å². The normalized spacial score (nSPS) is 14.0. The fourth-order valence-electron chi connectivity index (χ4n) is 16.3. The summed E-state index contributed by atoms with van der Waals surface area (Å²) in [6.07, 6.45) is 0. The molecule has 0 spiro atoms. The van der Waals surface area contributed by atoms with E-state index in [1.165, 1.54) is 66.7 Å². The van der Waals surface area contributed by atoms with E-state index in [1.807, 2.05) is 0 Å². The molecule has 2 aromatic heterocycles. The van der Waals surface area contributed by atoms with E-state index in [1.54, 1.807) is 0 Å². The van der Waals surface area contributed by atoms with E-state index in [0.717, 1.165) is 112 Å². The zero-order valence-electron chi connectivity index (χ0n) is 59.5. The van der Waals surface area contributed by atoms with Crippen LogP contribution in [-0.2, 0) is 27.1 Å². The Bertz CT molecular complexity index is 5480. The first-order valence-electron chi connectivity index (χ1n) is 35.3. The van der Waals surface area contributed by atoms with Crippen molar-refractivity contribution in [1.82, 2.24) is 0 Å². The summed E-state index contributed by atoms with van der Waals surface area (Å²) in [6.45, 7) is 32.1. The maximum absolute atomic E-state index is 7.49. The highest BCUT2D eigenvalue weighted by Gasteiger charge is 2.51. The number of hydrogen-bond donors (Lipinski definition) is 0. The van der Waals surface area contributed by atoms with E-state index < -0.39 is 5.41 Å². The molecule has 486 valence electrons. The summed E-state index contributed by atoms with van der Waals surface area (Å²) in [6, 6.07) is 95.8. The van der Waals surface area contributed by atoms with Gasteiger partial charge in [-0.25, -0.2) is 0 Å². The Morgan fingerprint density at radius 2 is 0.879 bits per heavy atom. The molecular formula is C93H84BN3O2. The molecule has 6 heteroatoms. The molecular weight excluding hydrogens is 1200 g/mol. The fraction of sp³-hybridized carbons (Fsp3) is 0.204. The molecule has 17 rings (SSSR count). The van der Waals surface area contributed by atoms with Gasteiger partial charge < -0.3 is 23.4 Å². The van der Waals surface area contributed by atoms with Crippen LogP contribution < -0.4 is 25.5 Å². The predicted octanol–water partition coefficient (Wildman–Crippen LogP) is 25.0. The van der Waals surface area contributed by atoms with Gasteiger partial charge in [-0.2, -0.15) is 0 Å². The summed E-state index contributed by atoms with van der Waals surface area (Å²) >= 11 is 0. The molecule has 5 nitrogen and oxygen atoms in total. The van der Waals surface area contributed by atoms with Gasteiger partial charge in [0.05, 0.1) is 5.69 Å². The van der Waals surface area contributed by atoms with Gasteiger partial charge in [-0.1, -0.05) is 255 Å². The van der Waals surface area contributed by atoms with Crippen molar-refractivity contribution in [2.75, 3.05) is 14.6 Å². The van der Waals surface area contributed by atoms with Crippen LogP contribution in [0.15, 0.2) is 264 Å². The van der Waals surface area contributed by atoms with Crippen molar-refractivity contribution >= 4 is 96.2 Å². The SMILES string of the molecule is CC(C)(C)c1ccc(N2B3c4cc5oc(-c6ccccc6)c(-c6ccccc6)c5cc4N(c4ccc(C(C)(C)C)cc4-c4ccccc4)c4cc5c(c(c43)-c3cc4c(cc32)oc2cc(N(c3ccc(C(C)(C)C)cc3)c3ccc(C(C)(C)C)cc3)ccc24)C(C)(C)c2ccccc2-5)cc1. The summed E-state index contributed by atoms with van der Waals surface area (Å²) in [5, 5.41) is 3.19. The lowest BCUT2D eigenvalue weighted by Crippen LogP contribution is -2.62. The van der Waals surface area contributed by atoms with Gasteiger partial charge in [0.25, 0.3) is 0 Å². The highest BCUT2D eigenvalue weighted by atomic mass is 16.3. The van der Waals surface area contributed by atoms with Crippen LogP contribution in [0.25, 0.3) is 88.7 Å². The average molecular weight is 1290 g/mol. The molecule has 0 N–H and O–H groups in total. The first-order chi connectivity index (χ1) is 47.4. The molecule has 0 amide bonds. The Morgan fingerprint density at radius 1 is 0.354 bits per heavy atom. The van der Waals surface area contributed by atoms with Crippen molar-refractivity contribution in [2.45, 2.75) is 124 Å². The number of fused-ring (bicyclic) bond motifs is 12. The molecule has 14 aromatic rings. The zero-order valence-corrected chi connectivity index (χ0v) is 59.5. The van der Waals surface area contributed by atoms with E-state index >= 15 is 0 Å². The maximum Gasteiger partial charge on any atom is 0.333 e. The molecule has 0 bridgehead atoms. The topological polar surface area (TPSA) is 36.0 Å². The smallest absolute Gasteiger partial charge is 0.333 e. The summed E-state index contributed by atoms with van der Waals surface area (Å²) in [5.41, 5.74) is 31.3. The van der Waals surface area contributed by atoms with Gasteiger partial charge in [-0.3, -0.25) is 0 Å². The standard InChI is InChI=1S/C93H84BN3O2/c1-89(2,3)60-34-41-64(42-35-60)95(65-43-36-61(37-44-65)90(4,5)6)67-47-48-69-71-52-73-78(56-83(71)98-81(69)51-67)97(66-45-38-62(39-46-66)91(7,8)9)94-76-55-82-74(84(58-28-20-16-21-29-58)88(99-82)59-30-22-17-23-31-59)54-79(76)96(77-49-40-63(92(10,11)12)50-70(77)57-26-18-15-19-27-57)80-53-72-68-32-24-25-33-75(68)93(13,14)86(72)85(73)87(80)94/h15-56H,1-14H3. The number of rotatable bonds is 8. The zero-order chi connectivity index (χ0) is 68.4. The Hall–Kier alpha value is -10.6. The van der Waals surface area contributed by atoms with Gasteiger partial charge in [0.1, 0.15) is 22.5 Å². The lowest BCUT2D eigenvalue weighted by molar-refractivity contribution is 0.590. The Morgan fingerprint density at radius 3 is 1.48 bits per heavy atom. The lowest BCUT2D eigenvalue weighted by Gasteiger charge is -2.47. The minimum Gasteiger partial charge on any atom is -0.456 e. The second-order valence-electron chi connectivity index (χ2n) is 32.6. The molecule has 2 aliphatic heterocycles. The number of nitrogens with zero attached hydrogens (tertiary/aromatic N) is 3. The van der Waals surface area contributed by atoms with Crippen LogP contribution in [-0.4, -0.2) is 6.85 Å². The van der Waals surface area contributed by atoms with Crippen molar-refractivity contribution < 1.29 is 8.83 Å². The molecule has 4 heterocycles. The molecule has 99 heavy (non-hydrogen) atoms. The minimum atomic E-state index is -0.397. The number of anilines is 8. The average Bonchev–Trinajstić information content (AvgIpc) is 1.63. The van der Waals surface area contributed by atoms with E-state index in [2.05, 4.69) is 366 Å². The largest absolute Gasteiger partial charge is 0.456 e. The minimum absolute atomic E-state index is 0.00725. The summed E-state index contributed by atoms with van der Waals surface area (Å²) < 4.78 is 14.9. The third-order valence-corrected chi connectivity index (χ3v) is 21.6. The summed E-state index contributed by atoms with van der Waals surface area (Å²) in [4.78, 5) is 7.68. The van der Waals surface area contributed by atoms with Crippen molar-refractivity contribution in [1.29, 1.82) is 0 Å². The van der Waals surface area contributed by atoms with E-state index in [0.29, 0.717) is 0 Å². The molecule has 0 saturated heterocycles. The van der Waals surface area contributed by atoms with Crippen LogP contribution in [0, 0.1) is 0 Å². The molecule has 1 aliphatic carbocycles. The quantitative estimate of drug-likeness (QED) is 0.142. The molecule has 0 radical (unpaired) electrons. The summed E-state index contributed by atoms with van der Waals surface area (Å²) in [5.74, 6) is 0.847. The predicted molar refractivity (Wildman–Crippen MR) is 421 cm³/mol. The fourth-order valence-corrected chi connectivity index (χ4v) is 16.3. The molecule has 12 aromatic carbocycles. The number of hydrogen-bond acceptors (Lipinski definition) is 5. The molecule has 0 fully saturated rings. The van der Waals surface area contributed by atoms with Gasteiger partial charge in [-0.05, 0) is 179 Å².